The van der Waals surface area contributed by atoms with Gasteiger partial charge in [-0.3, -0.25) is 0 Å². The maximum atomic E-state index is 5.71. The number of hydrogen-bond donors (Lipinski definition) is 0. The maximum Gasteiger partial charge on any atom is 0.213 e. The van der Waals surface area contributed by atoms with Crippen molar-refractivity contribution in [2.45, 2.75) is 32.8 Å². The molecule has 2 rings (SSSR count). The van der Waals surface area contributed by atoms with Crippen molar-refractivity contribution in [2.75, 3.05) is 6.61 Å². The third-order valence-corrected chi connectivity index (χ3v) is 2.92. The van der Waals surface area contributed by atoms with Gasteiger partial charge in [0, 0.05) is 0 Å². The molecule has 1 aliphatic heterocycles. The highest BCUT2D eigenvalue weighted by molar-refractivity contribution is 4.88. The molecular formula is C10H16N2O2. The Bertz CT molecular complexity index is 264. The van der Waals surface area contributed by atoms with Crippen LogP contribution >= 0.6 is 0 Å². The molecule has 14 heavy (non-hydrogen) atoms. The van der Waals surface area contributed by atoms with E-state index in [0.717, 1.165) is 13.0 Å². The Balaban J connectivity index is 1.90. The Kier molecular flexibility index (Phi) is 2.82. The van der Waals surface area contributed by atoms with E-state index >= 15 is 0 Å². The van der Waals surface area contributed by atoms with Crippen LogP contribution in [0.25, 0.3) is 0 Å². The van der Waals surface area contributed by atoms with Gasteiger partial charge in [-0.15, -0.1) is 0 Å². The largest absolute Gasteiger partial charge is 0.370 e. The average Bonchev–Trinajstić information content (AvgIpc) is 2.71. The molecule has 4 nitrogen and oxygen atoms in total. The van der Waals surface area contributed by atoms with E-state index < -0.39 is 0 Å². The third kappa shape index (κ3) is 1.95. The van der Waals surface area contributed by atoms with E-state index in [-0.39, 0.29) is 6.10 Å². The smallest absolute Gasteiger partial charge is 0.213 e. The molecule has 0 aromatic carbocycles. The summed E-state index contributed by atoms with van der Waals surface area (Å²) in [7, 11) is 0. The highest BCUT2D eigenvalue weighted by Gasteiger charge is 2.26. The van der Waals surface area contributed by atoms with Gasteiger partial charge in [0.2, 0.25) is 6.39 Å². The minimum atomic E-state index is 0.0451. The molecule has 0 aliphatic carbocycles. The summed E-state index contributed by atoms with van der Waals surface area (Å²) in [6, 6.07) is 0. The summed E-state index contributed by atoms with van der Waals surface area (Å²) < 4.78 is 10.4. The monoisotopic (exact) mass is 196 g/mol. The molecule has 0 N–H and O–H groups in total. The van der Waals surface area contributed by atoms with Crippen LogP contribution in [-0.4, -0.2) is 16.7 Å². The van der Waals surface area contributed by atoms with E-state index in [1.165, 1.54) is 12.8 Å². The number of hydrogen-bond acceptors (Lipinski definition) is 4. The molecule has 78 valence electrons. The van der Waals surface area contributed by atoms with Crippen LogP contribution in [0.15, 0.2) is 10.9 Å². The van der Waals surface area contributed by atoms with Gasteiger partial charge in [-0.05, 0) is 24.7 Å². The van der Waals surface area contributed by atoms with Crippen LogP contribution in [0.5, 0.6) is 0 Å². The van der Waals surface area contributed by atoms with Crippen molar-refractivity contribution in [3.8, 4) is 0 Å². The van der Waals surface area contributed by atoms with Crippen LogP contribution in [-0.2, 0) is 4.74 Å². The molecule has 0 bridgehead atoms. The molecule has 1 saturated heterocycles. The average molecular weight is 196 g/mol. The fraction of sp³-hybridized carbons (Fsp3) is 0.800. The Morgan fingerprint density at radius 1 is 1.43 bits per heavy atom. The van der Waals surface area contributed by atoms with Gasteiger partial charge in [0.1, 0.15) is 6.10 Å². The minimum absolute atomic E-state index is 0.0451. The summed E-state index contributed by atoms with van der Waals surface area (Å²) >= 11 is 0. The second-order valence-corrected chi connectivity index (χ2v) is 4.19. The fourth-order valence-corrected chi connectivity index (χ4v) is 1.82. The number of nitrogens with zero attached hydrogens (tertiary/aromatic N) is 2. The van der Waals surface area contributed by atoms with Crippen molar-refractivity contribution < 1.29 is 9.26 Å². The van der Waals surface area contributed by atoms with Crippen LogP contribution in [0.1, 0.15) is 38.6 Å². The van der Waals surface area contributed by atoms with Crippen molar-refractivity contribution in [1.82, 2.24) is 10.1 Å². The summed E-state index contributed by atoms with van der Waals surface area (Å²) in [5.41, 5.74) is 0. The molecule has 1 aliphatic rings. The van der Waals surface area contributed by atoms with E-state index in [4.69, 9.17) is 9.26 Å². The standard InChI is InChI=1S/C10H16N2O2/c1-7(2)8-3-4-9(13-5-8)10-11-6-14-12-10/h6-9H,3-5H2,1-2H3. The molecule has 1 aromatic rings. The first-order chi connectivity index (χ1) is 6.77. The van der Waals surface area contributed by atoms with Crippen LogP contribution in [0.3, 0.4) is 0 Å². The first-order valence-corrected chi connectivity index (χ1v) is 5.15. The maximum absolute atomic E-state index is 5.71. The Morgan fingerprint density at radius 3 is 2.79 bits per heavy atom. The molecule has 0 radical (unpaired) electrons. The lowest BCUT2D eigenvalue weighted by Gasteiger charge is -2.29. The van der Waals surface area contributed by atoms with E-state index in [1.807, 2.05) is 0 Å². The normalized spacial score (nSPS) is 28.2. The summed E-state index contributed by atoms with van der Waals surface area (Å²) in [5.74, 6) is 2.06. The lowest BCUT2D eigenvalue weighted by Crippen LogP contribution is -2.24. The van der Waals surface area contributed by atoms with E-state index in [0.29, 0.717) is 17.7 Å². The summed E-state index contributed by atoms with van der Waals surface area (Å²) in [6.07, 6.45) is 3.59. The SMILES string of the molecule is CC(C)C1CCC(c2ncon2)OC1. The second-order valence-electron chi connectivity index (χ2n) is 4.19. The molecule has 1 fully saturated rings. The first-order valence-electron chi connectivity index (χ1n) is 5.15. The van der Waals surface area contributed by atoms with Gasteiger partial charge in [0.05, 0.1) is 6.61 Å². The second kappa shape index (κ2) is 4.09. The molecule has 0 saturated carbocycles. The summed E-state index contributed by atoms with van der Waals surface area (Å²) in [5, 5.41) is 3.80. The molecule has 0 amide bonds. The van der Waals surface area contributed by atoms with Crippen molar-refractivity contribution >= 4 is 0 Å². The quantitative estimate of drug-likeness (QED) is 0.727. The zero-order valence-electron chi connectivity index (χ0n) is 8.64. The summed E-state index contributed by atoms with van der Waals surface area (Å²) in [4.78, 5) is 4.01. The number of aromatic nitrogens is 2. The Morgan fingerprint density at radius 2 is 2.29 bits per heavy atom. The van der Waals surface area contributed by atoms with Crippen LogP contribution in [0, 0.1) is 11.8 Å². The fourth-order valence-electron chi connectivity index (χ4n) is 1.82. The molecule has 2 unspecified atom stereocenters. The minimum Gasteiger partial charge on any atom is -0.370 e. The van der Waals surface area contributed by atoms with Gasteiger partial charge in [-0.2, -0.15) is 4.98 Å². The highest BCUT2D eigenvalue weighted by atomic mass is 16.5. The number of ether oxygens (including phenoxy) is 1. The van der Waals surface area contributed by atoms with Crippen molar-refractivity contribution in [2.24, 2.45) is 11.8 Å². The van der Waals surface area contributed by atoms with E-state index in [1.54, 1.807) is 0 Å². The van der Waals surface area contributed by atoms with Gasteiger partial charge in [0.25, 0.3) is 0 Å². The van der Waals surface area contributed by atoms with Gasteiger partial charge in [0.15, 0.2) is 5.82 Å². The van der Waals surface area contributed by atoms with Crippen LogP contribution in [0.4, 0.5) is 0 Å². The van der Waals surface area contributed by atoms with Gasteiger partial charge in [-0.25, -0.2) is 0 Å². The Labute approximate surface area is 83.6 Å². The molecular weight excluding hydrogens is 180 g/mol. The van der Waals surface area contributed by atoms with E-state index in [9.17, 15) is 0 Å². The van der Waals surface area contributed by atoms with Crippen LogP contribution < -0.4 is 0 Å². The molecule has 2 atom stereocenters. The van der Waals surface area contributed by atoms with E-state index in [2.05, 4.69) is 24.0 Å². The van der Waals surface area contributed by atoms with Crippen molar-refractivity contribution in [3.05, 3.63) is 12.2 Å². The predicted octanol–water partition coefficient (Wildman–Crippen LogP) is 2.19. The lowest BCUT2D eigenvalue weighted by atomic mass is 9.89. The van der Waals surface area contributed by atoms with Crippen LogP contribution in [0.2, 0.25) is 0 Å². The summed E-state index contributed by atoms with van der Waals surface area (Å²) in [6.45, 7) is 5.29. The highest BCUT2D eigenvalue weighted by Crippen LogP contribution is 2.31. The molecule has 0 spiro atoms. The van der Waals surface area contributed by atoms with Gasteiger partial charge in [-0.1, -0.05) is 19.0 Å². The van der Waals surface area contributed by atoms with Gasteiger partial charge >= 0.3 is 0 Å². The predicted molar refractivity (Wildman–Crippen MR) is 50.6 cm³/mol. The Hall–Kier alpha value is -0.900. The molecule has 1 aromatic heterocycles. The molecule has 4 heteroatoms. The lowest BCUT2D eigenvalue weighted by molar-refractivity contribution is -0.0345. The zero-order chi connectivity index (χ0) is 9.97. The topological polar surface area (TPSA) is 48.2 Å². The van der Waals surface area contributed by atoms with Crippen molar-refractivity contribution in [1.29, 1.82) is 0 Å². The number of rotatable bonds is 2. The third-order valence-electron chi connectivity index (χ3n) is 2.92. The van der Waals surface area contributed by atoms with Crippen molar-refractivity contribution in [3.63, 3.8) is 0 Å². The van der Waals surface area contributed by atoms with Gasteiger partial charge < -0.3 is 9.26 Å². The molecule has 2 heterocycles. The first kappa shape index (κ1) is 9.65. The zero-order valence-corrected chi connectivity index (χ0v) is 8.64.